The molecule has 1 aromatic heterocycles. The summed E-state index contributed by atoms with van der Waals surface area (Å²) in [6.07, 6.45) is 0.601. The van der Waals surface area contributed by atoms with E-state index >= 15 is 0 Å². The van der Waals surface area contributed by atoms with Crippen LogP contribution in [0.25, 0.3) is 0 Å². The van der Waals surface area contributed by atoms with E-state index in [1.165, 1.54) is 4.68 Å². The average Bonchev–Trinajstić information content (AvgIpc) is 3.02. The number of rotatable bonds is 4. The molecule has 2 N–H and O–H groups in total. The van der Waals surface area contributed by atoms with Crippen molar-refractivity contribution in [1.29, 1.82) is 0 Å². The van der Waals surface area contributed by atoms with Gasteiger partial charge in [0.15, 0.2) is 5.82 Å². The topological polar surface area (TPSA) is 88.9 Å². The maximum absolute atomic E-state index is 12.2. The molecule has 2 aromatic rings. The third-order valence-corrected chi connectivity index (χ3v) is 4.15. The highest BCUT2D eigenvalue weighted by Gasteiger charge is 2.34. The fourth-order valence-electron chi connectivity index (χ4n) is 2.27. The molecule has 9 heteroatoms. The predicted molar refractivity (Wildman–Crippen MR) is 86.8 cm³/mol. The molecule has 2 heterocycles. The molecule has 0 radical (unpaired) electrons. The quantitative estimate of drug-likeness (QED) is 0.884. The molecule has 1 aliphatic heterocycles. The molecule has 0 spiro atoms. The molecule has 3 rings (SSSR count). The fraction of sp³-hybridized carbons (Fsp3) is 0.286. The number of nitrogens with zero attached hydrogens (tertiary/aromatic N) is 3. The summed E-state index contributed by atoms with van der Waals surface area (Å²) < 4.78 is 1.45. The first-order valence-electron chi connectivity index (χ1n) is 6.99. The summed E-state index contributed by atoms with van der Waals surface area (Å²) >= 11 is 11.7. The highest BCUT2D eigenvalue weighted by atomic mass is 35.5. The van der Waals surface area contributed by atoms with Crippen LogP contribution in [0.2, 0.25) is 10.0 Å². The first-order chi connectivity index (χ1) is 11.0. The Bertz CT molecular complexity index is 789. The van der Waals surface area contributed by atoms with E-state index in [0.717, 1.165) is 0 Å². The van der Waals surface area contributed by atoms with E-state index < -0.39 is 6.04 Å². The second-order valence-electron chi connectivity index (χ2n) is 5.04. The Balaban J connectivity index is 1.71. The molecule has 23 heavy (non-hydrogen) atoms. The van der Waals surface area contributed by atoms with Crippen molar-refractivity contribution >= 4 is 46.7 Å². The maximum atomic E-state index is 12.2. The molecule has 0 bridgehead atoms. The molecule has 1 aromatic carbocycles. The minimum Gasteiger partial charge on any atom is -0.326 e. The number of carbonyl (C=O) groups excluding carboxylic acids is 2. The van der Waals surface area contributed by atoms with Gasteiger partial charge in [0, 0.05) is 12.1 Å². The second-order valence-corrected chi connectivity index (χ2v) is 5.85. The number of carbonyl (C=O) groups is 2. The maximum Gasteiger partial charge on any atom is 0.252 e. The number of aryl methyl sites for hydroxylation is 1. The number of amides is 2. The van der Waals surface area contributed by atoms with E-state index in [4.69, 9.17) is 23.2 Å². The zero-order chi connectivity index (χ0) is 16.6. The first-order valence-corrected chi connectivity index (χ1v) is 7.74. The van der Waals surface area contributed by atoms with Crippen LogP contribution in [-0.4, -0.2) is 26.6 Å². The summed E-state index contributed by atoms with van der Waals surface area (Å²) in [7, 11) is 0. The number of anilines is 2. The molecule has 120 valence electrons. The molecule has 0 saturated carbocycles. The van der Waals surface area contributed by atoms with Gasteiger partial charge < -0.3 is 5.32 Å². The molecule has 0 aliphatic carbocycles. The summed E-state index contributed by atoms with van der Waals surface area (Å²) in [6.45, 7) is 1.92. The predicted octanol–water partition coefficient (Wildman–Crippen LogP) is 2.67. The minimum atomic E-state index is -0.708. The molecule has 1 aliphatic rings. The number of fused-ring (bicyclic) bond motifs is 1. The summed E-state index contributed by atoms with van der Waals surface area (Å²) in [5, 5.41) is 10.3. The number of hydrogen-bond acceptors (Lipinski definition) is 4. The van der Waals surface area contributed by atoms with E-state index in [1.54, 1.807) is 18.2 Å². The van der Waals surface area contributed by atoms with E-state index in [-0.39, 0.29) is 18.2 Å². The lowest BCUT2D eigenvalue weighted by Gasteiger charge is -2.10. The number of benzene rings is 1. The molecule has 0 unspecified atom stereocenters. The van der Waals surface area contributed by atoms with Crippen molar-refractivity contribution in [2.24, 2.45) is 0 Å². The van der Waals surface area contributed by atoms with Gasteiger partial charge in [0.05, 0.1) is 16.5 Å². The molecule has 0 saturated heterocycles. The molecule has 7 nitrogen and oxygen atoms in total. The largest absolute Gasteiger partial charge is 0.326 e. The minimum absolute atomic E-state index is 0.0500. The van der Waals surface area contributed by atoms with Gasteiger partial charge in [-0.1, -0.05) is 30.1 Å². The van der Waals surface area contributed by atoms with Gasteiger partial charge in [-0.25, -0.2) is 4.68 Å². The van der Waals surface area contributed by atoms with Crippen LogP contribution in [0.4, 0.5) is 11.6 Å². The van der Waals surface area contributed by atoms with Crippen LogP contribution in [0.3, 0.4) is 0 Å². The first kappa shape index (κ1) is 15.8. The van der Waals surface area contributed by atoms with Gasteiger partial charge in [0.1, 0.15) is 6.04 Å². The lowest BCUT2D eigenvalue weighted by Crippen LogP contribution is -2.24. The smallest absolute Gasteiger partial charge is 0.252 e. The third-order valence-electron chi connectivity index (χ3n) is 3.41. The summed E-state index contributed by atoms with van der Waals surface area (Å²) in [4.78, 5) is 28.3. The van der Waals surface area contributed by atoms with Crippen LogP contribution in [0.5, 0.6) is 0 Å². The van der Waals surface area contributed by atoms with Crippen LogP contribution in [0, 0.1) is 0 Å². The Hall–Kier alpha value is -2.12. The number of halogens is 2. The third kappa shape index (κ3) is 3.16. The van der Waals surface area contributed by atoms with Gasteiger partial charge in [-0.15, -0.1) is 0 Å². The van der Waals surface area contributed by atoms with Gasteiger partial charge in [-0.2, -0.15) is 10.1 Å². The van der Waals surface area contributed by atoms with Crippen molar-refractivity contribution in [1.82, 2.24) is 14.8 Å². The van der Waals surface area contributed by atoms with Gasteiger partial charge >= 0.3 is 0 Å². The normalized spacial score (nSPS) is 16.1. The van der Waals surface area contributed by atoms with Crippen LogP contribution in [0.1, 0.15) is 25.2 Å². The monoisotopic (exact) mass is 353 g/mol. The van der Waals surface area contributed by atoms with Crippen LogP contribution < -0.4 is 10.6 Å². The standard InChI is InChI=1S/C14H13Cl2N5O2/c1-2-11-18-14-19-13(23)10(21(14)20-11)6-12(22)17-7-3-4-8(15)9(16)5-7/h3-5,10H,2,6H2,1H3,(H,17,22)(H,18,19,20,23)/t10-/m1/s1. The highest BCUT2D eigenvalue weighted by Crippen LogP contribution is 2.27. The fourth-order valence-corrected chi connectivity index (χ4v) is 2.56. The van der Waals surface area contributed by atoms with E-state index in [1.807, 2.05) is 6.92 Å². The Morgan fingerprint density at radius 3 is 2.87 bits per heavy atom. The van der Waals surface area contributed by atoms with Crippen molar-refractivity contribution in [2.75, 3.05) is 10.6 Å². The van der Waals surface area contributed by atoms with Gasteiger partial charge in [-0.3, -0.25) is 14.9 Å². The van der Waals surface area contributed by atoms with Gasteiger partial charge in [-0.05, 0) is 18.2 Å². The van der Waals surface area contributed by atoms with E-state index in [2.05, 4.69) is 20.7 Å². The Kier molecular flexibility index (Phi) is 4.23. The summed E-state index contributed by atoms with van der Waals surface area (Å²) in [6, 6.07) is 4.06. The summed E-state index contributed by atoms with van der Waals surface area (Å²) in [5.41, 5.74) is 0.510. The average molecular weight is 354 g/mol. The summed E-state index contributed by atoms with van der Waals surface area (Å²) in [5.74, 6) is 0.367. The Morgan fingerprint density at radius 1 is 1.39 bits per heavy atom. The van der Waals surface area contributed by atoms with Gasteiger partial charge in [0.25, 0.3) is 5.91 Å². The van der Waals surface area contributed by atoms with E-state index in [0.29, 0.717) is 33.9 Å². The Morgan fingerprint density at radius 2 is 2.17 bits per heavy atom. The van der Waals surface area contributed by atoms with Crippen molar-refractivity contribution in [3.8, 4) is 0 Å². The van der Waals surface area contributed by atoms with Crippen LogP contribution in [0.15, 0.2) is 18.2 Å². The SMILES string of the molecule is CCc1nc2n(n1)[C@H](CC(=O)Nc1ccc(Cl)c(Cl)c1)C(=O)N2. The lowest BCUT2D eigenvalue weighted by molar-refractivity contribution is -0.123. The van der Waals surface area contributed by atoms with Crippen LogP contribution in [-0.2, 0) is 16.0 Å². The Labute approximate surface area is 142 Å². The van der Waals surface area contributed by atoms with Crippen molar-refractivity contribution in [2.45, 2.75) is 25.8 Å². The van der Waals surface area contributed by atoms with Crippen LogP contribution >= 0.6 is 23.2 Å². The number of aromatic nitrogens is 3. The molecule has 2 amide bonds. The number of nitrogens with one attached hydrogen (secondary N) is 2. The van der Waals surface area contributed by atoms with Crippen molar-refractivity contribution in [3.63, 3.8) is 0 Å². The second kappa shape index (κ2) is 6.17. The molecular weight excluding hydrogens is 341 g/mol. The van der Waals surface area contributed by atoms with Crippen molar-refractivity contribution in [3.05, 3.63) is 34.1 Å². The molecule has 0 fully saturated rings. The zero-order valence-electron chi connectivity index (χ0n) is 12.1. The molecular formula is C14H13Cl2N5O2. The number of hydrogen-bond donors (Lipinski definition) is 2. The zero-order valence-corrected chi connectivity index (χ0v) is 13.6. The highest BCUT2D eigenvalue weighted by molar-refractivity contribution is 6.42. The van der Waals surface area contributed by atoms with Gasteiger partial charge in [0.2, 0.25) is 11.9 Å². The van der Waals surface area contributed by atoms with Crippen molar-refractivity contribution < 1.29 is 9.59 Å². The van der Waals surface area contributed by atoms with E-state index in [9.17, 15) is 9.59 Å². The molecule has 1 atom stereocenters. The lowest BCUT2D eigenvalue weighted by atomic mass is 10.2.